The molecular formula is C56H34N4. The van der Waals surface area contributed by atoms with Crippen LogP contribution in [0.5, 0.6) is 0 Å². The van der Waals surface area contributed by atoms with Crippen LogP contribution in [0.15, 0.2) is 206 Å². The minimum atomic E-state index is 0.559. The van der Waals surface area contributed by atoms with Crippen molar-refractivity contribution in [3.63, 3.8) is 0 Å². The number of rotatable bonds is 7. The lowest BCUT2D eigenvalue weighted by Gasteiger charge is -2.12. The standard InChI is InChI=1S/C56H34N4/c57-35-47-28-27-42(37-23-25-38(26-24-37)43-29-30-48-49-21-9-15-39-16-10-22-50(53(39)49)52(48)34-43)33-51(47)44-18-8-20-46(32-44)56-59-54(40-13-5-2-6-14-40)58-55(60-56)45-19-7-17-41(31-45)36-11-3-1-4-12-36/h1-34H. The Labute approximate surface area is 348 Å². The van der Waals surface area contributed by atoms with Gasteiger partial charge < -0.3 is 0 Å². The highest BCUT2D eigenvalue weighted by Crippen LogP contribution is 2.48. The summed E-state index contributed by atoms with van der Waals surface area (Å²) in [6.45, 7) is 0. The average Bonchev–Trinajstić information content (AvgIpc) is 3.66. The normalized spacial score (nSPS) is 11.3. The molecule has 0 saturated heterocycles. The number of fused-ring (bicyclic) bond motifs is 3. The van der Waals surface area contributed by atoms with Crippen LogP contribution in [-0.2, 0) is 0 Å². The topological polar surface area (TPSA) is 62.5 Å². The van der Waals surface area contributed by atoms with Crippen molar-refractivity contribution in [2.75, 3.05) is 0 Å². The molecule has 1 aromatic heterocycles. The number of benzene rings is 9. The van der Waals surface area contributed by atoms with Gasteiger partial charge in [0.1, 0.15) is 0 Å². The summed E-state index contributed by atoms with van der Waals surface area (Å²) >= 11 is 0. The Morgan fingerprint density at radius 1 is 0.283 bits per heavy atom. The monoisotopic (exact) mass is 762 g/mol. The Bertz CT molecular complexity index is 3300. The zero-order valence-electron chi connectivity index (χ0n) is 32.4. The Kier molecular flexibility index (Phi) is 8.50. The van der Waals surface area contributed by atoms with Crippen molar-refractivity contribution in [2.24, 2.45) is 0 Å². The molecule has 0 atom stereocenters. The minimum Gasteiger partial charge on any atom is -0.208 e. The summed E-state index contributed by atoms with van der Waals surface area (Å²) < 4.78 is 0. The van der Waals surface area contributed by atoms with E-state index in [-0.39, 0.29) is 0 Å². The lowest BCUT2D eigenvalue weighted by Crippen LogP contribution is -2.00. The van der Waals surface area contributed by atoms with Crippen LogP contribution in [0.3, 0.4) is 0 Å². The van der Waals surface area contributed by atoms with E-state index in [1.807, 2.05) is 91.0 Å². The van der Waals surface area contributed by atoms with Gasteiger partial charge in [0.25, 0.3) is 0 Å². The van der Waals surface area contributed by atoms with Gasteiger partial charge in [-0.2, -0.15) is 5.26 Å². The molecule has 0 aliphatic heterocycles. The van der Waals surface area contributed by atoms with Gasteiger partial charge >= 0.3 is 0 Å². The van der Waals surface area contributed by atoms with Gasteiger partial charge in [-0.25, -0.2) is 15.0 Å². The van der Waals surface area contributed by atoms with E-state index in [9.17, 15) is 5.26 Å². The Balaban J connectivity index is 0.938. The summed E-state index contributed by atoms with van der Waals surface area (Å²) in [5.74, 6) is 1.74. The fraction of sp³-hybridized carbons (Fsp3) is 0. The summed E-state index contributed by atoms with van der Waals surface area (Å²) in [7, 11) is 0. The highest BCUT2D eigenvalue weighted by Gasteiger charge is 2.21. The van der Waals surface area contributed by atoms with Gasteiger partial charge in [0.05, 0.1) is 11.6 Å². The Morgan fingerprint density at radius 3 is 1.35 bits per heavy atom. The van der Waals surface area contributed by atoms with Gasteiger partial charge in [-0.1, -0.05) is 176 Å². The van der Waals surface area contributed by atoms with Gasteiger partial charge in [0, 0.05) is 22.3 Å². The first-order valence-corrected chi connectivity index (χ1v) is 20.1. The van der Waals surface area contributed by atoms with Crippen LogP contribution in [0.2, 0.25) is 0 Å². The van der Waals surface area contributed by atoms with Gasteiger partial charge in [-0.15, -0.1) is 0 Å². The molecule has 11 rings (SSSR count). The molecule has 1 aliphatic carbocycles. The molecule has 0 spiro atoms. The van der Waals surface area contributed by atoms with Gasteiger partial charge in [0.2, 0.25) is 0 Å². The van der Waals surface area contributed by atoms with E-state index in [2.05, 4.69) is 121 Å². The lowest BCUT2D eigenvalue weighted by molar-refractivity contribution is 1.07. The first-order chi connectivity index (χ1) is 29.7. The number of aromatic nitrogens is 3. The number of nitrogens with zero attached hydrogens (tertiary/aromatic N) is 4. The molecule has 0 amide bonds. The molecule has 9 aromatic carbocycles. The van der Waals surface area contributed by atoms with Crippen LogP contribution in [0, 0.1) is 11.3 Å². The van der Waals surface area contributed by atoms with E-state index in [0.29, 0.717) is 23.0 Å². The van der Waals surface area contributed by atoms with Crippen molar-refractivity contribution < 1.29 is 0 Å². The number of nitriles is 1. The number of hydrogen-bond donors (Lipinski definition) is 0. The Morgan fingerprint density at radius 2 is 0.717 bits per heavy atom. The van der Waals surface area contributed by atoms with Crippen molar-refractivity contribution in [1.29, 1.82) is 5.26 Å². The maximum Gasteiger partial charge on any atom is 0.164 e. The van der Waals surface area contributed by atoms with Crippen LogP contribution < -0.4 is 0 Å². The zero-order chi connectivity index (χ0) is 40.0. The van der Waals surface area contributed by atoms with Crippen LogP contribution in [0.4, 0.5) is 0 Å². The third-order valence-electron chi connectivity index (χ3n) is 11.5. The van der Waals surface area contributed by atoms with Crippen LogP contribution in [-0.4, -0.2) is 15.0 Å². The first kappa shape index (κ1) is 34.9. The smallest absolute Gasteiger partial charge is 0.164 e. The summed E-state index contributed by atoms with van der Waals surface area (Å²) in [5.41, 5.74) is 16.8. The molecule has 0 unspecified atom stereocenters. The Hall–Kier alpha value is -8.26. The van der Waals surface area contributed by atoms with Crippen molar-refractivity contribution in [3.05, 3.63) is 212 Å². The van der Waals surface area contributed by atoms with Gasteiger partial charge in [-0.3, -0.25) is 0 Å². The summed E-state index contributed by atoms with van der Waals surface area (Å²) in [5, 5.41) is 12.9. The van der Waals surface area contributed by atoms with Gasteiger partial charge in [0.15, 0.2) is 17.5 Å². The molecule has 1 aliphatic rings. The van der Waals surface area contributed by atoms with Crippen LogP contribution in [0.25, 0.3) is 112 Å². The first-order valence-electron chi connectivity index (χ1n) is 20.1. The van der Waals surface area contributed by atoms with Crippen molar-refractivity contribution in [2.45, 2.75) is 0 Å². The summed E-state index contributed by atoms with van der Waals surface area (Å²) in [6.07, 6.45) is 0. The zero-order valence-corrected chi connectivity index (χ0v) is 32.4. The van der Waals surface area contributed by atoms with Gasteiger partial charge in [-0.05, 0) is 102 Å². The molecule has 0 fully saturated rings. The van der Waals surface area contributed by atoms with Crippen molar-refractivity contribution in [1.82, 2.24) is 15.0 Å². The van der Waals surface area contributed by atoms with Crippen LogP contribution >= 0.6 is 0 Å². The number of hydrogen-bond acceptors (Lipinski definition) is 4. The largest absolute Gasteiger partial charge is 0.208 e. The van der Waals surface area contributed by atoms with E-state index >= 15 is 0 Å². The second-order valence-corrected chi connectivity index (χ2v) is 15.1. The predicted molar refractivity (Wildman–Crippen MR) is 245 cm³/mol. The van der Waals surface area contributed by atoms with Crippen molar-refractivity contribution >= 4 is 10.8 Å². The molecule has 0 bridgehead atoms. The average molecular weight is 763 g/mol. The van der Waals surface area contributed by atoms with E-state index < -0.39 is 0 Å². The molecule has 1 heterocycles. The van der Waals surface area contributed by atoms with E-state index in [4.69, 9.17) is 15.0 Å². The van der Waals surface area contributed by atoms with E-state index in [1.54, 1.807) is 0 Å². The predicted octanol–water partition coefficient (Wildman–Crippen LogP) is 14.2. The molecule has 4 heteroatoms. The summed E-state index contributed by atoms with van der Waals surface area (Å²) in [6, 6.07) is 74.0. The van der Waals surface area contributed by atoms with E-state index in [1.165, 1.54) is 38.6 Å². The molecule has 0 radical (unpaired) electrons. The molecule has 4 nitrogen and oxygen atoms in total. The highest BCUT2D eigenvalue weighted by atomic mass is 15.0. The summed E-state index contributed by atoms with van der Waals surface area (Å²) in [4.78, 5) is 15.0. The fourth-order valence-electron chi connectivity index (χ4n) is 8.53. The quantitative estimate of drug-likeness (QED) is 0.162. The second kappa shape index (κ2) is 14.6. The van der Waals surface area contributed by atoms with Crippen molar-refractivity contribution in [3.8, 4) is 107 Å². The molecule has 0 N–H and O–H groups in total. The maximum atomic E-state index is 10.3. The van der Waals surface area contributed by atoms with Crippen LogP contribution in [0.1, 0.15) is 5.56 Å². The lowest BCUT2D eigenvalue weighted by atomic mass is 9.93. The second-order valence-electron chi connectivity index (χ2n) is 15.1. The van der Waals surface area contributed by atoms with E-state index in [0.717, 1.165) is 55.6 Å². The molecule has 10 aromatic rings. The molecule has 278 valence electrons. The fourth-order valence-corrected chi connectivity index (χ4v) is 8.53. The third-order valence-corrected chi connectivity index (χ3v) is 11.5. The molecular weight excluding hydrogens is 729 g/mol. The molecule has 60 heavy (non-hydrogen) atoms. The minimum absolute atomic E-state index is 0.559. The third kappa shape index (κ3) is 6.23. The SMILES string of the molecule is N#Cc1ccc(-c2ccc(-c3ccc4c(c3)-c3cccc5cccc-4c35)cc2)cc1-c1cccc(-c2nc(-c3ccccc3)nc(-c3cccc(-c4ccccc4)c3)n2)c1. The highest BCUT2D eigenvalue weighted by molar-refractivity contribution is 6.15. The molecule has 0 saturated carbocycles. The maximum absolute atomic E-state index is 10.3.